The van der Waals surface area contributed by atoms with E-state index in [2.05, 4.69) is 0 Å². The molecule has 2 aliphatic heterocycles. The van der Waals surface area contributed by atoms with Crippen molar-refractivity contribution in [1.29, 1.82) is 0 Å². The van der Waals surface area contributed by atoms with Crippen molar-refractivity contribution in [1.82, 2.24) is 0 Å². The van der Waals surface area contributed by atoms with E-state index >= 15 is 0 Å². The van der Waals surface area contributed by atoms with Gasteiger partial charge in [-0.1, -0.05) is 6.07 Å². The highest BCUT2D eigenvalue weighted by molar-refractivity contribution is 5.97. The lowest BCUT2D eigenvalue weighted by atomic mass is 9.92. The molecule has 1 N–H and O–H groups in total. The fourth-order valence-electron chi connectivity index (χ4n) is 4.10. The van der Waals surface area contributed by atoms with E-state index in [1.807, 2.05) is 6.92 Å². The monoisotopic (exact) mass is 354 g/mol. The smallest absolute Gasteiger partial charge is 0.208 e. The molecule has 5 rings (SSSR count). The molecule has 2 aromatic carbocycles. The Balaban J connectivity index is 1.89. The number of hydrogen-bond donors (Lipinski definition) is 1. The predicted molar refractivity (Wildman–Crippen MR) is 94.9 cm³/mol. The third-order valence-corrected chi connectivity index (χ3v) is 5.28. The quantitative estimate of drug-likeness (QED) is 0.665. The van der Waals surface area contributed by atoms with E-state index in [-0.39, 0.29) is 28.3 Å². The van der Waals surface area contributed by atoms with Gasteiger partial charge in [0.1, 0.15) is 39.2 Å². The molecule has 3 heterocycles. The molecule has 0 spiro atoms. The summed E-state index contributed by atoms with van der Waals surface area (Å²) in [5.41, 5.74) is 0.884. The second-order valence-electron chi connectivity index (χ2n) is 7.01. The Bertz CT molecular complexity index is 1110. The summed E-state index contributed by atoms with van der Waals surface area (Å²) in [7, 11) is 1.50. The van der Waals surface area contributed by atoms with Gasteiger partial charge in [-0.25, -0.2) is 0 Å². The van der Waals surface area contributed by atoms with Crippen molar-refractivity contribution in [2.45, 2.75) is 38.1 Å². The van der Waals surface area contributed by atoms with Crippen molar-refractivity contribution < 1.29 is 23.7 Å². The maximum atomic E-state index is 13.1. The van der Waals surface area contributed by atoms with Gasteiger partial charge >= 0.3 is 0 Å². The molecule has 1 fully saturated rings. The number of fused-ring (bicyclic) bond motifs is 6. The van der Waals surface area contributed by atoms with E-state index < -0.39 is 5.79 Å². The summed E-state index contributed by atoms with van der Waals surface area (Å²) in [4.78, 5) is 13.1. The molecule has 6 heteroatoms. The molecule has 0 radical (unpaired) electrons. The minimum Gasteiger partial charge on any atom is -0.506 e. The lowest BCUT2D eigenvalue weighted by Gasteiger charge is -2.44. The molecule has 2 atom stereocenters. The number of aromatic hydroxyl groups is 1. The number of methoxy groups -OCH3 is 1. The second kappa shape index (κ2) is 5.14. The van der Waals surface area contributed by atoms with Crippen LogP contribution in [0.25, 0.3) is 21.9 Å². The molecule has 0 amide bonds. The van der Waals surface area contributed by atoms with E-state index in [0.717, 1.165) is 19.3 Å². The summed E-state index contributed by atoms with van der Waals surface area (Å²) in [6, 6.07) is 6.84. The van der Waals surface area contributed by atoms with Crippen LogP contribution in [-0.2, 0) is 4.74 Å². The SMILES string of the molecule is COc1cccc2oc3cc4c(c(O)c3c(=O)c12)[C@H]1CCC[C@@](C)(O4)O1. The predicted octanol–water partition coefficient (Wildman–Crippen LogP) is 4.01. The van der Waals surface area contributed by atoms with E-state index in [1.54, 1.807) is 24.3 Å². The molecule has 0 saturated carbocycles. The van der Waals surface area contributed by atoms with Crippen molar-refractivity contribution in [3.63, 3.8) is 0 Å². The number of phenols is 1. The van der Waals surface area contributed by atoms with Crippen molar-refractivity contribution in [3.05, 3.63) is 40.1 Å². The van der Waals surface area contributed by atoms with Crippen molar-refractivity contribution in [2.24, 2.45) is 0 Å². The normalized spacial score (nSPS) is 24.3. The Morgan fingerprint density at radius 3 is 2.92 bits per heavy atom. The summed E-state index contributed by atoms with van der Waals surface area (Å²) in [5, 5.41) is 11.4. The van der Waals surface area contributed by atoms with Crippen LogP contribution in [0, 0.1) is 0 Å². The Kier molecular flexibility index (Phi) is 3.07. The van der Waals surface area contributed by atoms with E-state index in [0.29, 0.717) is 28.0 Å². The van der Waals surface area contributed by atoms with Crippen LogP contribution >= 0.6 is 0 Å². The van der Waals surface area contributed by atoms with Gasteiger partial charge in [-0.05, 0) is 25.0 Å². The van der Waals surface area contributed by atoms with Crippen LogP contribution in [0.15, 0.2) is 33.5 Å². The van der Waals surface area contributed by atoms with Gasteiger partial charge < -0.3 is 23.7 Å². The summed E-state index contributed by atoms with van der Waals surface area (Å²) in [6.07, 6.45) is 2.18. The first-order chi connectivity index (χ1) is 12.5. The Morgan fingerprint density at radius 1 is 1.27 bits per heavy atom. The summed E-state index contributed by atoms with van der Waals surface area (Å²) < 4.78 is 23.2. The summed E-state index contributed by atoms with van der Waals surface area (Å²) in [6.45, 7) is 1.89. The van der Waals surface area contributed by atoms with Gasteiger partial charge in [-0.2, -0.15) is 0 Å². The molecule has 2 bridgehead atoms. The second-order valence-corrected chi connectivity index (χ2v) is 7.01. The maximum absolute atomic E-state index is 13.1. The van der Waals surface area contributed by atoms with Crippen LogP contribution in [0.4, 0.5) is 0 Å². The molecule has 134 valence electrons. The van der Waals surface area contributed by atoms with Crippen LogP contribution in [0.2, 0.25) is 0 Å². The zero-order valence-electron chi connectivity index (χ0n) is 14.5. The molecule has 6 nitrogen and oxygen atoms in total. The number of benzene rings is 2. The lowest BCUT2D eigenvalue weighted by molar-refractivity contribution is -0.243. The first-order valence-corrected chi connectivity index (χ1v) is 8.67. The fourth-order valence-corrected chi connectivity index (χ4v) is 4.10. The van der Waals surface area contributed by atoms with Crippen molar-refractivity contribution in [2.75, 3.05) is 7.11 Å². The average Bonchev–Trinajstić information content (AvgIpc) is 2.60. The Morgan fingerprint density at radius 2 is 2.12 bits per heavy atom. The standard InChI is InChI=1S/C20H18O6/c1-20-8-4-7-12(25-20)16-14(26-20)9-13-17(19(16)22)18(21)15-10(23-2)5-3-6-11(15)24-13/h3,5-6,9,12,22H,4,7-8H2,1-2H3/t12-,20-/m1/s1. The van der Waals surface area contributed by atoms with Gasteiger partial charge in [0, 0.05) is 19.4 Å². The zero-order valence-corrected chi connectivity index (χ0v) is 14.5. The number of rotatable bonds is 1. The van der Waals surface area contributed by atoms with Crippen LogP contribution in [0.1, 0.15) is 37.9 Å². The molecule has 1 saturated heterocycles. The van der Waals surface area contributed by atoms with E-state index in [9.17, 15) is 9.90 Å². The fraction of sp³-hybridized carbons (Fsp3) is 0.350. The highest BCUT2D eigenvalue weighted by atomic mass is 16.7. The topological polar surface area (TPSA) is 78.1 Å². The molecular formula is C20H18O6. The van der Waals surface area contributed by atoms with Gasteiger partial charge in [-0.15, -0.1) is 0 Å². The highest BCUT2D eigenvalue weighted by Crippen LogP contribution is 2.51. The van der Waals surface area contributed by atoms with Crippen LogP contribution in [-0.4, -0.2) is 18.0 Å². The first kappa shape index (κ1) is 15.5. The number of phenolic OH excluding ortho intramolecular Hbond substituents is 1. The molecule has 1 aromatic heterocycles. The number of ether oxygens (including phenoxy) is 3. The zero-order chi connectivity index (χ0) is 18.1. The van der Waals surface area contributed by atoms with Gasteiger partial charge in [0.05, 0.1) is 18.8 Å². The van der Waals surface area contributed by atoms with Crippen molar-refractivity contribution >= 4 is 21.9 Å². The van der Waals surface area contributed by atoms with E-state index in [4.69, 9.17) is 18.6 Å². The minimum absolute atomic E-state index is 0.127. The van der Waals surface area contributed by atoms with Gasteiger partial charge in [-0.3, -0.25) is 4.79 Å². The molecule has 3 aromatic rings. The maximum Gasteiger partial charge on any atom is 0.208 e. The number of hydrogen-bond acceptors (Lipinski definition) is 6. The van der Waals surface area contributed by atoms with Crippen LogP contribution < -0.4 is 14.9 Å². The van der Waals surface area contributed by atoms with Gasteiger partial charge in [0.15, 0.2) is 0 Å². The minimum atomic E-state index is -0.712. The lowest BCUT2D eigenvalue weighted by Crippen LogP contribution is -2.43. The average molecular weight is 354 g/mol. The summed E-state index contributed by atoms with van der Waals surface area (Å²) >= 11 is 0. The first-order valence-electron chi connectivity index (χ1n) is 8.67. The highest BCUT2D eigenvalue weighted by Gasteiger charge is 2.43. The Labute approximate surface area is 148 Å². The van der Waals surface area contributed by atoms with Crippen LogP contribution in [0.5, 0.6) is 17.2 Å². The molecule has 0 unspecified atom stereocenters. The van der Waals surface area contributed by atoms with Crippen molar-refractivity contribution in [3.8, 4) is 17.2 Å². The molecule has 0 aliphatic carbocycles. The van der Waals surface area contributed by atoms with Gasteiger partial charge in [0.2, 0.25) is 11.2 Å². The molecule has 26 heavy (non-hydrogen) atoms. The summed E-state index contributed by atoms with van der Waals surface area (Å²) in [5.74, 6) is 0.0796. The Hall–Kier alpha value is -2.73. The molecule has 2 aliphatic rings. The third kappa shape index (κ3) is 1.99. The van der Waals surface area contributed by atoms with Gasteiger partial charge in [0.25, 0.3) is 0 Å². The van der Waals surface area contributed by atoms with E-state index in [1.165, 1.54) is 7.11 Å². The third-order valence-electron chi connectivity index (χ3n) is 5.28. The molecular weight excluding hydrogens is 336 g/mol. The largest absolute Gasteiger partial charge is 0.506 e. The van der Waals surface area contributed by atoms with Crippen LogP contribution in [0.3, 0.4) is 0 Å².